The molecule has 0 saturated carbocycles. The third-order valence-corrected chi connectivity index (χ3v) is 10.2. The summed E-state index contributed by atoms with van der Waals surface area (Å²) in [5.41, 5.74) is -0.199. The Balaban J connectivity index is 3.51. The van der Waals surface area contributed by atoms with Crippen LogP contribution in [-0.2, 0) is 4.79 Å². The molecule has 0 aromatic carbocycles. The third-order valence-electron chi connectivity index (χ3n) is 9.68. The van der Waals surface area contributed by atoms with E-state index in [0.717, 1.165) is 12.8 Å². The Labute approximate surface area is 266 Å². The van der Waals surface area contributed by atoms with Crippen LogP contribution in [0.2, 0.25) is 0 Å². The predicted molar refractivity (Wildman–Crippen MR) is 190 cm³/mol. The molecule has 0 aromatic heterocycles. The molecule has 41 heavy (non-hydrogen) atoms. The number of thiol groups is 1. The zero-order valence-electron chi connectivity index (χ0n) is 28.9. The number of carbonyl (C=O) groups is 1. The molecule has 0 heterocycles. The standard InChI is InChI=1S/C39H78OS/c1-4-6-8-10-12-14-16-18-20-22-24-26-28-30-32-34-36-39(3,38(40)41)37-35-33-31-29-27-25-23-21-19-17-15-13-11-9-7-5-2/h4-37H2,1-3H3,(H,40,41). The second kappa shape index (κ2) is 32.9. The molecule has 0 saturated heterocycles. The van der Waals surface area contributed by atoms with E-state index >= 15 is 0 Å². The average molecular weight is 595 g/mol. The smallest absolute Gasteiger partial charge is 0.191 e. The van der Waals surface area contributed by atoms with Gasteiger partial charge in [-0.1, -0.05) is 226 Å². The number of hydrogen-bond acceptors (Lipinski definition) is 1. The van der Waals surface area contributed by atoms with E-state index in [1.807, 2.05) is 0 Å². The number of carbonyl (C=O) groups excluding carboxylic acids is 1. The highest BCUT2D eigenvalue weighted by molar-refractivity contribution is 7.96. The monoisotopic (exact) mass is 595 g/mol. The summed E-state index contributed by atoms with van der Waals surface area (Å²) in [5.74, 6) is 0. The number of unbranched alkanes of at least 4 members (excludes halogenated alkanes) is 30. The molecule has 0 bridgehead atoms. The lowest BCUT2D eigenvalue weighted by molar-refractivity contribution is -0.119. The van der Waals surface area contributed by atoms with Gasteiger partial charge in [-0.3, -0.25) is 4.79 Å². The lowest BCUT2D eigenvalue weighted by Crippen LogP contribution is -2.24. The minimum Gasteiger partial charge on any atom is -0.287 e. The summed E-state index contributed by atoms with van der Waals surface area (Å²) < 4.78 is 0. The highest BCUT2D eigenvalue weighted by Crippen LogP contribution is 2.34. The van der Waals surface area contributed by atoms with Crippen LogP contribution in [0.5, 0.6) is 0 Å². The van der Waals surface area contributed by atoms with Gasteiger partial charge in [0.1, 0.15) is 0 Å². The molecule has 2 heteroatoms. The van der Waals surface area contributed by atoms with Gasteiger partial charge in [0, 0.05) is 5.41 Å². The van der Waals surface area contributed by atoms with Gasteiger partial charge in [-0.2, -0.15) is 0 Å². The van der Waals surface area contributed by atoms with Crippen LogP contribution >= 0.6 is 12.6 Å². The maximum absolute atomic E-state index is 12.3. The van der Waals surface area contributed by atoms with Crippen molar-refractivity contribution >= 4 is 17.7 Å². The van der Waals surface area contributed by atoms with E-state index in [1.165, 1.54) is 205 Å². The number of rotatable bonds is 35. The van der Waals surface area contributed by atoms with Gasteiger partial charge in [-0.15, -0.1) is 12.6 Å². The Morgan fingerprint density at radius 3 is 0.707 bits per heavy atom. The van der Waals surface area contributed by atoms with Gasteiger partial charge < -0.3 is 0 Å². The summed E-state index contributed by atoms with van der Waals surface area (Å²) in [6.45, 7) is 6.77. The molecular formula is C39H78OS. The van der Waals surface area contributed by atoms with Gasteiger partial charge in [0.05, 0.1) is 0 Å². The van der Waals surface area contributed by atoms with E-state index in [9.17, 15) is 4.79 Å². The second-order valence-corrected chi connectivity index (χ2v) is 14.4. The molecule has 0 radical (unpaired) electrons. The molecule has 0 unspecified atom stereocenters. The van der Waals surface area contributed by atoms with Crippen LogP contribution in [0, 0.1) is 5.41 Å². The Bertz CT molecular complexity index is 480. The van der Waals surface area contributed by atoms with Gasteiger partial charge in [-0.25, -0.2) is 0 Å². The fourth-order valence-corrected chi connectivity index (χ4v) is 6.69. The van der Waals surface area contributed by atoms with E-state index in [0.29, 0.717) is 0 Å². The van der Waals surface area contributed by atoms with Gasteiger partial charge in [0.25, 0.3) is 0 Å². The zero-order chi connectivity index (χ0) is 30.1. The molecule has 0 aromatic rings. The van der Waals surface area contributed by atoms with E-state index in [-0.39, 0.29) is 10.5 Å². The van der Waals surface area contributed by atoms with Crippen molar-refractivity contribution in [3.63, 3.8) is 0 Å². The summed E-state index contributed by atoms with van der Waals surface area (Å²) in [6.07, 6.45) is 46.8. The molecule has 1 nitrogen and oxygen atoms in total. The molecule has 0 atom stereocenters. The average Bonchev–Trinajstić information content (AvgIpc) is 2.96. The van der Waals surface area contributed by atoms with Crippen LogP contribution in [0.4, 0.5) is 0 Å². The predicted octanol–water partition coefficient (Wildman–Crippen LogP) is 14.8. The first-order valence-electron chi connectivity index (χ1n) is 19.3. The SMILES string of the molecule is CCCCCCCCCCCCCCCCCCC(C)(CCCCCCCCCCCCCCCCCC)C(=O)S. The fourth-order valence-electron chi connectivity index (χ4n) is 6.47. The molecule has 0 aliphatic carbocycles. The van der Waals surface area contributed by atoms with E-state index in [2.05, 4.69) is 33.4 Å². The summed E-state index contributed by atoms with van der Waals surface area (Å²) in [6, 6.07) is 0. The van der Waals surface area contributed by atoms with Crippen molar-refractivity contribution in [2.24, 2.45) is 5.41 Å². The van der Waals surface area contributed by atoms with Crippen LogP contribution in [-0.4, -0.2) is 5.12 Å². The van der Waals surface area contributed by atoms with Crippen molar-refractivity contribution in [1.82, 2.24) is 0 Å². The lowest BCUT2D eigenvalue weighted by atomic mass is 9.81. The van der Waals surface area contributed by atoms with Gasteiger partial charge in [-0.05, 0) is 12.8 Å². The van der Waals surface area contributed by atoms with E-state index in [1.54, 1.807) is 0 Å². The highest BCUT2D eigenvalue weighted by Gasteiger charge is 2.29. The summed E-state index contributed by atoms with van der Waals surface area (Å²) in [7, 11) is 0. The maximum atomic E-state index is 12.3. The largest absolute Gasteiger partial charge is 0.287 e. The molecule has 0 spiro atoms. The van der Waals surface area contributed by atoms with Crippen molar-refractivity contribution in [2.45, 2.75) is 239 Å². The Morgan fingerprint density at radius 1 is 0.366 bits per heavy atom. The molecule has 0 amide bonds. The molecule has 0 aliphatic rings. The highest BCUT2D eigenvalue weighted by atomic mass is 32.1. The molecule has 0 fully saturated rings. The Morgan fingerprint density at radius 2 is 0.537 bits per heavy atom. The summed E-state index contributed by atoms with van der Waals surface area (Å²) >= 11 is 4.30. The van der Waals surface area contributed by atoms with E-state index < -0.39 is 0 Å². The van der Waals surface area contributed by atoms with Crippen LogP contribution in [0.1, 0.15) is 239 Å². The second-order valence-electron chi connectivity index (χ2n) is 14.0. The van der Waals surface area contributed by atoms with Crippen molar-refractivity contribution in [3.8, 4) is 0 Å². The quantitative estimate of drug-likeness (QED) is 0.0570. The van der Waals surface area contributed by atoms with Crippen LogP contribution < -0.4 is 0 Å². The first kappa shape index (κ1) is 41.0. The molecular weight excluding hydrogens is 516 g/mol. The molecule has 0 N–H and O–H groups in total. The molecule has 0 rings (SSSR count). The fraction of sp³-hybridized carbons (Fsp3) is 0.974. The first-order valence-corrected chi connectivity index (χ1v) is 19.7. The zero-order valence-corrected chi connectivity index (χ0v) is 29.8. The van der Waals surface area contributed by atoms with Crippen LogP contribution in [0.15, 0.2) is 0 Å². The van der Waals surface area contributed by atoms with E-state index in [4.69, 9.17) is 0 Å². The maximum Gasteiger partial charge on any atom is 0.191 e. The minimum atomic E-state index is -0.199. The lowest BCUT2D eigenvalue weighted by Gasteiger charge is -2.26. The number of hydrogen-bond donors (Lipinski definition) is 1. The van der Waals surface area contributed by atoms with Crippen molar-refractivity contribution in [2.75, 3.05) is 0 Å². The normalized spacial score (nSPS) is 11.9. The van der Waals surface area contributed by atoms with Crippen LogP contribution in [0.25, 0.3) is 0 Å². The van der Waals surface area contributed by atoms with Crippen molar-refractivity contribution in [3.05, 3.63) is 0 Å². The summed E-state index contributed by atoms with van der Waals surface area (Å²) in [5, 5.41) is 0.124. The molecule has 246 valence electrons. The molecule has 0 aliphatic heterocycles. The Hall–Kier alpha value is 0.0200. The van der Waals surface area contributed by atoms with Gasteiger partial charge in [0.15, 0.2) is 5.12 Å². The van der Waals surface area contributed by atoms with Gasteiger partial charge in [0.2, 0.25) is 0 Å². The van der Waals surface area contributed by atoms with Crippen molar-refractivity contribution < 1.29 is 4.79 Å². The minimum absolute atomic E-state index is 0.124. The van der Waals surface area contributed by atoms with Crippen LogP contribution in [0.3, 0.4) is 0 Å². The topological polar surface area (TPSA) is 17.1 Å². The Kier molecular flexibility index (Phi) is 32.9. The first-order chi connectivity index (χ1) is 20.1. The van der Waals surface area contributed by atoms with Crippen molar-refractivity contribution in [1.29, 1.82) is 0 Å². The summed E-state index contributed by atoms with van der Waals surface area (Å²) in [4.78, 5) is 12.3. The van der Waals surface area contributed by atoms with Gasteiger partial charge >= 0.3 is 0 Å². The third kappa shape index (κ3) is 29.9.